The van der Waals surface area contributed by atoms with Crippen LogP contribution in [0.5, 0.6) is 0 Å². The number of carbonyl (C=O) groups excluding carboxylic acids is 2. The van der Waals surface area contributed by atoms with Gasteiger partial charge >= 0.3 is 0 Å². The number of halogens is 1. The third-order valence-electron chi connectivity index (χ3n) is 5.53. The van der Waals surface area contributed by atoms with Crippen molar-refractivity contribution < 1.29 is 9.59 Å². The number of nitrogens with zero attached hydrogens (tertiary/aromatic N) is 2. The van der Waals surface area contributed by atoms with Gasteiger partial charge in [0.05, 0.1) is 11.4 Å². The second-order valence-corrected chi connectivity index (χ2v) is 9.42. The summed E-state index contributed by atoms with van der Waals surface area (Å²) < 4.78 is 3.16. The van der Waals surface area contributed by atoms with E-state index in [1.807, 2.05) is 36.4 Å². The summed E-state index contributed by atoms with van der Waals surface area (Å²) in [5.41, 5.74) is 5.44. The smallest absolute Gasteiger partial charge is 0.293 e. The van der Waals surface area contributed by atoms with Gasteiger partial charge in [0.2, 0.25) is 0 Å². The lowest BCUT2D eigenvalue weighted by atomic mass is 10.1. The predicted octanol–water partition coefficient (Wildman–Crippen LogP) is 6.35. The molecular formula is C25H23BrN2O2S. The molecule has 3 aromatic rings. The Balaban J connectivity index is 1.53. The summed E-state index contributed by atoms with van der Waals surface area (Å²) in [7, 11) is 0. The number of aromatic nitrogens is 1. The molecule has 0 aliphatic carbocycles. The first-order chi connectivity index (χ1) is 14.9. The first kappa shape index (κ1) is 21.7. The maximum Gasteiger partial charge on any atom is 0.293 e. The van der Waals surface area contributed by atoms with Gasteiger partial charge in [0.1, 0.15) is 0 Å². The fourth-order valence-corrected chi connectivity index (χ4v) is 5.02. The van der Waals surface area contributed by atoms with Gasteiger partial charge in [-0.1, -0.05) is 64.5 Å². The first-order valence-electron chi connectivity index (χ1n) is 10.1. The van der Waals surface area contributed by atoms with Gasteiger partial charge in [-0.15, -0.1) is 0 Å². The van der Waals surface area contributed by atoms with Crippen LogP contribution in [0.2, 0.25) is 0 Å². The van der Waals surface area contributed by atoms with Gasteiger partial charge in [-0.05, 0) is 66.9 Å². The van der Waals surface area contributed by atoms with Crippen LogP contribution in [0.4, 0.5) is 4.79 Å². The zero-order valence-corrected chi connectivity index (χ0v) is 19.9. The molecular weight excluding hydrogens is 472 g/mol. The van der Waals surface area contributed by atoms with Crippen molar-refractivity contribution in [3.05, 3.63) is 98.1 Å². The molecule has 0 N–H and O–H groups in total. The molecule has 6 heteroatoms. The Bertz CT molecular complexity index is 1170. The van der Waals surface area contributed by atoms with Crippen molar-refractivity contribution in [1.29, 1.82) is 0 Å². The van der Waals surface area contributed by atoms with Crippen molar-refractivity contribution in [3.63, 3.8) is 0 Å². The van der Waals surface area contributed by atoms with Crippen molar-refractivity contribution in [3.8, 4) is 0 Å². The van der Waals surface area contributed by atoms with E-state index in [-0.39, 0.29) is 17.7 Å². The average Bonchev–Trinajstić information content (AvgIpc) is 3.18. The summed E-state index contributed by atoms with van der Waals surface area (Å²) in [6, 6.07) is 20.1. The van der Waals surface area contributed by atoms with E-state index in [0.29, 0.717) is 4.91 Å². The molecule has 2 aromatic carbocycles. The van der Waals surface area contributed by atoms with Crippen LogP contribution in [0.25, 0.3) is 6.08 Å². The van der Waals surface area contributed by atoms with E-state index in [4.69, 9.17) is 0 Å². The lowest BCUT2D eigenvalue weighted by molar-refractivity contribution is -0.123. The number of hydrogen-bond acceptors (Lipinski definition) is 3. The largest absolute Gasteiger partial charge is 0.348 e. The van der Waals surface area contributed by atoms with E-state index >= 15 is 0 Å². The van der Waals surface area contributed by atoms with Gasteiger partial charge < -0.3 is 4.57 Å². The Morgan fingerprint density at radius 3 is 2.45 bits per heavy atom. The fraction of sp³-hybridized carbons (Fsp3) is 0.200. The van der Waals surface area contributed by atoms with Crippen LogP contribution in [0, 0.1) is 13.8 Å². The third-order valence-corrected chi connectivity index (χ3v) is 7.21. The lowest BCUT2D eigenvalue weighted by Gasteiger charge is -2.13. The van der Waals surface area contributed by atoms with E-state index in [2.05, 4.69) is 64.7 Å². The Kier molecular flexibility index (Phi) is 6.49. The van der Waals surface area contributed by atoms with Gasteiger partial charge in [-0.2, -0.15) is 0 Å². The van der Waals surface area contributed by atoms with E-state index in [0.717, 1.165) is 51.7 Å². The quantitative estimate of drug-likeness (QED) is 0.375. The number of carbonyl (C=O) groups is 2. The van der Waals surface area contributed by atoms with Gasteiger partial charge in [0.15, 0.2) is 0 Å². The molecule has 1 aliphatic heterocycles. The summed E-state index contributed by atoms with van der Waals surface area (Å²) >= 11 is 4.50. The van der Waals surface area contributed by atoms with Crippen LogP contribution in [-0.2, 0) is 24.3 Å². The molecule has 1 saturated heterocycles. The Labute approximate surface area is 195 Å². The normalized spacial score (nSPS) is 15.3. The monoisotopic (exact) mass is 494 g/mol. The van der Waals surface area contributed by atoms with E-state index in [1.54, 1.807) is 0 Å². The van der Waals surface area contributed by atoms with Gasteiger partial charge in [0, 0.05) is 22.4 Å². The maximum atomic E-state index is 12.9. The zero-order chi connectivity index (χ0) is 22.0. The zero-order valence-electron chi connectivity index (χ0n) is 17.5. The molecule has 4 rings (SSSR count). The van der Waals surface area contributed by atoms with Crippen molar-refractivity contribution in [2.45, 2.75) is 33.4 Å². The molecule has 4 nitrogen and oxygen atoms in total. The highest BCUT2D eigenvalue weighted by atomic mass is 79.9. The number of imide groups is 1. The highest BCUT2D eigenvalue weighted by Crippen LogP contribution is 2.35. The second kappa shape index (κ2) is 9.28. The number of thioether (sulfide) groups is 1. The molecule has 0 spiro atoms. The number of aryl methyl sites for hydroxylation is 2. The summed E-state index contributed by atoms with van der Waals surface area (Å²) in [5.74, 6) is -0.236. The van der Waals surface area contributed by atoms with Gasteiger partial charge in [0.25, 0.3) is 11.1 Å². The highest BCUT2D eigenvalue weighted by Gasteiger charge is 2.35. The molecule has 0 unspecified atom stereocenters. The first-order valence-corrected chi connectivity index (χ1v) is 11.7. The third kappa shape index (κ3) is 4.70. The Morgan fingerprint density at radius 1 is 1.00 bits per heavy atom. The van der Waals surface area contributed by atoms with E-state index < -0.39 is 0 Å². The minimum Gasteiger partial charge on any atom is -0.348 e. The van der Waals surface area contributed by atoms with E-state index in [1.165, 1.54) is 10.5 Å². The average molecular weight is 495 g/mol. The summed E-state index contributed by atoms with van der Waals surface area (Å²) in [4.78, 5) is 27.3. The lowest BCUT2D eigenvalue weighted by Crippen LogP contribution is -2.27. The molecule has 31 heavy (non-hydrogen) atoms. The molecule has 0 bridgehead atoms. The van der Waals surface area contributed by atoms with Gasteiger partial charge in [-0.3, -0.25) is 14.5 Å². The molecule has 2 heterocycles. The predicted molar refractivity (Wildman–Crippen MR) is 130 cm³/mol. The summed E-state index contributed by atoms with van der Waals surface area (Å²) in [6.07, 6.45) is 2.80. The molecule has 1 aromatic heterocycles. The maximum absolute atomic E-state index is 12.9. The van der Waals surface area contributed by atoms with Crippen LogP contribution in [-0.4, -0.2) is 20.6 Å². The number of rotatable bonds is 6. The van der Waals surface area contributed by atoms with E-state index in [9.17, 15) is 9.59 Å². The summed E-state index contributed by atoms with van der Waals surface area (Å²) in [6.45, 7) is 5.28. The minimum absolute atomic E-state index is 0.232. The van der Waals surface area contributed by atoms with Crippen LogP contribution >= 0.6 is 27.7 Å². The fourth-order valence-electron chi connectivity index (χ4n) is 3.78. The topological polar surface area (TPSA) is 42.3 Å². The molecule has 1 aliphatic rings. The Morgan fingerprint density at radius 2 is 1.71 bits per heavy atom. The van der Waals surface area contributed by atoms with Crippen molar-refractivity contribution in [2.24, 2.45) is 0 Å². The molecule has 0 radical (unpaired) electrons. The Hall–Kier alpha value is -2.57. The minimum atomic E-state index is -0.236. The molecule has 2 amide bonds. The number of amides is 2. The number of hydrogen-bond donors (Lipinski definition) is 0. The van der Waals surface area contributed by atoms with Crippen molar-refractivity contribution in [1.82, 2.24) is 9.47 Å². The standard InChI is InChI=1S/C25H23BrN2O2S/c1-17-14-21(18(2)27(17)13-12-19-8-4-3-5-9-19)15-23-24(29)28(25(30)31-23)16-20-10-6-7-11-22(20)26/h3-11,14-15H,12-13,16H2,1-2H3/b23-15-. The highest BCUT2D eigenvalue weighted by molar-refractivity contribution is 9.10. The SMILES string of the molecule is Cc1cc(/C=C2\SC(=O)N(Cc3ccccc3Br)C2=O)c(C)n1CCc1ccccc1. The number of benzene rings is 2. The second-order valence-electron chi connectivity index (χ2n) is 7.57. The van der Waals surface area contributed by atoms with Crippen LogP contribution in [0.15, 0.2) is 70.0 Å². The molecule has 0 atom stereocenters. The molecule has 0 saturated carbocycles. The summed E-state index contributed by atoms with van der Waals surface area (Å²) in [5, 5.41) is -0.232. The van der Waals surface area contributed by atoms with Crippen molar-refractivity contribution in [2.75, 3.05) is 0 Å². The van der Waals surface area contributed by atoms with Crippen LogP contribution < -0.4 is 0 Å². The van der Waals surface area contributed by atoms with Gasteiger partial charge in [-0.25, -0.2) is 0 Å². The molecule has 158 valence electrons. The van der Waals surface area contributed by atoms with Crippen LogP contribution in [0.1, 0.15) is 28.1 Å². The van der Waals surface area contributed by atoms with Crippen molar-refractivity contribution >= 4 is 44.9 Å². The van der Waals surface area contributed by atoms with Crippen LogP contribution in [0.3, 0.4) is 0 Å². The molecule has 1 fully saturated rings.